The highest BCUT2D eigenvalue weighted by Gasteiger charge is 2.33. The molecule has 0 spiro atoms. The zero-order chi connectivity index (χ0) is 29.4. The van der Waals surface area contributed by atoms with Crippen molar-refractivity contribution < 1.29 is 22.7 Å². The number of methoxy groups -OCH3 is 1. The maximum atomic E-state index is 14.0. The minimum Gasteiger partial charge on any atom is -0.497 e. The van der Waals surface area contributed by atoms with Crippen LogP contribution in [0.4, 0.5) is 5.69 Å². The Labute approximate surface area is 249 Å². The van der Waals surface area contributed by atoms with E-state index in [-0.39, 0.29) is 29.1 Å². The van der Waals surface area contributed by atoms with Gasteiger partial charge < -0.3 is 15.0 Å². The highest BCUT2D eigenvalue weighted by molar-refractivity contribution is 9.10. The van der Waals surface area contributed by atoms with Crippen LogP contribution in [0.5, 0.6) is 5.75 Å². The fraction of sp³-hybridized carbons (Fsp3) is 0.310. The van der Waals surface area contributed by atoms with Crippen molar-refractivity contribution in [1.82, 2.24) is 10.2 Å². The number of anilines is 1. The molecule has 0 aliphatic carbocycles. The van der Waals surface area contributed by atoms with Crippen molar-refractivity contribution in [1.29, 1.82) is 0 Å². The maximum absolute atomic E-state index is 14.0. The van der Waals surface area contributed by atoms with Gasteiger partial charge in [-0.1, -0.05) is 52.7 Å². The van der Waals surface area contributed by atoms with Crippen LogP contribution in [0.15, 0.2) is 82.2 Å². The lowest BCUT2D eigenvalue weighted by molar-refractivity contribution is -0.139. The van der Waals surface area contributed by atoms with E-state index in [4.69, 9.17) is 16.3 Å². The van der Waals surface area contributed by atoms with Crippen molar-refractivity contribution in [3.8, 4) is 5.75 Å². The molecule has 11 heteroatoms. The summed E-state index contributed by atoms with van der Waals surface area (Å²) >= 11 is 9.65. The number of halogens is 2. The summed E-state index contributed by atoms with van der Waals surface area (Å²) in [5, 5.41) is 3.23. The molecule has 0 aromatic heterocycles. The molecule has 0 radical (unpaired) electrons. The van der Waals surface area contributed by atoms with Crippen LogP contribution in [0.1, 0.15) is 32.8 Å². The summed E-state index contributed by atoms with van der Waals surface area (Å²) in [4.78, 5) is 28.4. The number of sulfonamides is 1. The molecule has 0 aliphatic heterocycles. The second-order valence-corrected chi connectivity index (χ2v) is 12.5. The molecule has 0 heterocycles. The monoisotopic (exact) mass is 649 g/mol. The van der Waals surface area contributed by atoms with Gasteiger partial charge in [0.2, 0.25) is 11.8 Å². The van der Waals surface area contributed by atoms with Crippen molar-refractivity contribution in [2.75, 3.05) is 18.0 Å². The van der Waals surface area contributed by atoms with Crippen LogP contribution in [0.2, 0.25) is 5.02 Å². The van der Waals surface area contributed by atoms with Gasteiger partial charge in [-0.3, -0.25) is 13.9 Å². The Morgan fingerprint density at radius 3 is 2.30 bits per heavy atom. The predicted molar refractivity (Wildman–Crippen MR) is 161 cm³/mol. The van der Waals surface area contributed by atoms with E-state index >= 15 is 0 Å². The van der Waals surface area contributed by atoms with E-state index in [1.165, 1.54) is 42.3 Å². The SMILES string of the molecule is CC[C@@H](C)NC(=O)[C@@H](C)N(Cc1cccc(Br)c1)C(=O)CN(c1cccc(Cl)c1)S(=O)(=O)c1ccc(OC)cc1. The topological polar surface area (TPSA) is 96.0 Å². The lowest BCUT2D eigenvalue weighted by Gasteiger charge is -2.32. The van der Waals surface area contributed by atoms with Gasteiger partial charge in [0.05, 0.1) is 17.7 Å². The molecule has 0 bridgehead atoms. The molecular weight excluding hydrogens is 618 g/mol. The van der Waals surface area contributed by atoms with Gasteiger partial charge >= 0.3 is 0 Å². The van der Waals surface area contributed by atoms with E-state index in [9.17, 15) is 18.0 Å². The number of hydrogen-bond acceptors (Lipinski definition) is 5. The largest absolute Gasteiger partial charge is 0.497 e. The summed E-state index contributed by atoms with van der Waals surface area (Å²) in [7, 11) is -2.72. The van der Waals surface area contributed by atoms with E-state index in [1.807, 2.05) is 38.1 Å². The summed E-state index contributed by atoms with van der Waals surface area (Å²) in [6.07, 6.45) is 0.723. The van der Waals surface area contributed by atoms with Crippen LogP contribution in [0.3, 0.4) is 0 Å². The smallest absolute Gasteiger partial charge is 0.264 e. The molecule has 2 atom stereocenters. The summed E-state index contributed by atoms with van der Waals surface area (Å²) < 4.78 is 34.7. The summed E-state index contributed by atoms with van der Waals surface area (Å²) in [6.45, 7) is 5.01. The van der Waals surface area contributed by atoms with Crippen molar-refractivity contribution in [3.05, 3.63) is 87.9 Å². The van der Waals surface area contributed by atoms with E-state index in [2.05, 4.69) is 21.2 Å². The zero-order valence-corrected chi connectivity index (χ0v) is 26.0. The standard InChI is InChI=1S/C29H33BrClN3O5S/c1-5-20(2)32-29(36)21(3)33(18-22-8-6-9-23(30)16-22)28(35)19-34(25-11-7-10-24(31)17-25)40(37,38)27-14-12-26(39-4)13-15-27/h6-17,20-21H,5,18-19H2,1-4H3,(H,32,36)/t20-,21-/m1/s1. The van der Waals surface area contributed by atoms with Gasteiger partial charge in [0, 0.05) is 22.1 Å². The van der Waals surface area contributed by atoms with E-state index < -0.39 is 28.5 Å². The van der Waals surface area contributed by atoms with Crippen LogP contribution in [0, 0.1) is 0 Å². The van der Waals surface area contributed by atoms with Gasteiger partial charge in [0.1, 0.15) is 18.3 Å². The number of nitrogens with zero attached hydrogens (tertiary/aromatic N) is 2. The first-order valence-electron chi connectivity index (χ1n) is 12.7. The second-order valence-electron chi connectivity index (χ2n) is 9.31. The first-order chi connectivity index (χ1) is 19.0. The second kappa shape index (κ2) is 14.0. The van der Waals surface area contributed by atoms with Crippen LogP contribution < -0.4 is 14.4 Å². The van der Waals surface area contributed by atoms with Crippen LogP contribution in [-0.2, 0) is 26.2 Å². The highest BCUT2D eigenvalue weighted by atomic mass is 79.9. The molecular formula is C29H33BrClN3O5S. The first kappa shape index (κ1) is 31.4. The number of carbonyl (C=O) groups is 2. The molecule has 0 saturated carbocycles. The Morgan fingerprint density at radius 1 is 1.02 bits per heavy atom. The zero-order valence-electron chi connectivity index (χ0n) is 22.8. The average Bonchev–Trinajstić information content (AvgIpc) is 2.93. The number of rotatable bonds is 12. The van der Waals surface area contributed by atoms with Crippen LogP contribution in [0.25, 0.3) is 0 Å². The number of hydrogen-bond donors (Lipinski definition) is 1. The summed E-state index contributed by atoms with van der Waals surface area (Å²) in [5.41, 5.74) is 0.994. The van der Waals surface area contributed by atoms with Crippen molar-refractivity contribution in [2.45, 2.75) is 50.7 Å². The molecule has 0 unspecified atom stereocenters. The number of ether oxygens (including phenoxy) is 1. The van der Waals surface area contributed by atoms with Crippen LogP contribution in [-0.4, -0.2) is 50.9 Å². The Hall–Kier alpha value is -3.08. The third-order valence-corrected chi connectivity index (χ3v) is 8.95. The fourth-order valence-corrected chi connectivity index (χ4v) is 5.95. The quantitative estimate of drug-likeness (QED) is 0.274. The number of benzene rings is 3. The van der Waals surface area contributed by atoms with Gasteiger partial charge in [-0.15, -0.1) is 0 Å². The highest BCUT2D eigenvalue weighted by Crippen LogP contribution is 2.28. The molecule has 3 aromatic carbocycles. The Kier molecular flexibility index (Phi) is 11.0. The third-order valence-electron chi connectivity index (χ3n) is 6.43. The number of amides is 2. The molecule has 0 saturated heterocycles. The van der Waals surface area contributed by atoms with Crippen molar-refractivity contribution in [2.24, 2.45) is 0 Å². The summed E-state index contributed by atoms with van der Waals surface area (Å²) in [6, 6.07) is 18.6. The Bertz CT molecular complexity index is 1440. The van der Waals surface area contributed by atoms with Crippen LogP contribution >= 0.6 is 27.5 Å². The minimum absolute atomic E-state index is 0.0258. The van der Waals surface area contributed by atoms with Crippen molar-refractivity contribution in [3.63, 3.8) is 0 Å². The maximum Gasteiger partial charge on any atom is 0.264 e. The first-order valence-corrected chi connectivity index (χ1v) is 15.3. The molecule has 3 aromatic rings. The van der Waals surface area contributed by atoms with E-state index in [0.717, 1.165) is 20.8 Å². The van der Waals surface area contributed by atoms with E-state index in [1.54, 1.807) is 25.1 Å². The summed E-state index contributed by atoms with van der Waals surface area (Å²) in [5.74, 6) is -0.389. The molecule has 3 rings (SSSR count). The lowest BCUT2D eigenvalue weighted by atomic mass is 10.1. The number of carbonyl (C=O) groups excluding carboxylic acids is 2. The Balaban J connectivity index is 2.03. The van der Waals surface area contributed by atoms with Gasteiger partial charge in [-0.25, -0.2) is 8.42 Å². The predicted octanol–water partition coefficient (Wildman–Crippen LogP) is 5.64. The molecule has 0 aliphatic rings. The number of nitrogens with one attached hydrogen (secondary N) is 1. The minimum atomic E-state index is -4.21. The van der Waals surface area contributed by atoms with Gasteiger partial charge in [0.25, 0.3) is 10.0 Å². The molecule has 40 heavy (non-hydrogen) atoms. The molecule has 8 nitrogen and oxygen atoms in total. The Morgan fingerprint density at radius 2 is 1.70 bits per heavy atom. The fourth-order valence-electron chi connectivity index (χ4n) is 3.92. The molecule has 214 valence electrons. The molecule has 2 amide bonds. The van der Waals surface area contributed by atoms with Crippen molar-refractivity contribution >= 4 is 55.1 Å². The lowest BCUT2D eigenvalue weighted by Crippen LogP contribution is -2.52. The normalized spacial score (nSPS) is 12.8. The molecule has 0 fully saturated rings. The molecule has 1 N–H and O–H groups in total. The van der Waals surface area contributed by atoms with E-state index in [0.29, 0.717) is 10.8 Å². The van der Waals surface area contributed by atoms with Gasteiger partial charge in [0.15, 0.2) is 0 Å². The third kappa shape index (κ3) is 7.99. The van der Waals surface area contributed by atoms with Gasteiger partial charge in [-0.05, 0) is 80.4 Å². The average molecular weight is 651 g/mol. The van der Waals surface area contributed by atoms with Gasteiger partial charge in [-0.2, -0.15) is 0 Å².